The standard InChI is InChI=1S/C17H21NO2S2/c1-17(20,11-14-7-9-21-12-14)13-18-16(19)8-10-22-15-5-3-2-4-6-15/h2-7,9,12,20H,8,10-11,13H2,1H3,(H,18,19). The van der Waals surface area contributed by atoms with E-state index in [0.29, 0.717) is 12.8 Å². The van der Waals surface area contributed by atoms with Crippen molar-refractivity contribution in [1.29, 1.82) is 0 Å². The maximum Gasteiger partial charge on any atom is 0.220 e. The predicted octanol–water partition coefficient (Wildman–Crippen LogP) is 3.34. The second-order valence-electron chi connectivity index (χ2n) is 5.49. The lowest BCUT2D eigenvalue weighted by molar-refractivity contribution is -0.121. The molecule has 1 aromatic heterocycles. The summed E-state index contributed by atoms with van der Waals surface area (Å²) in [6.07, 6.45) is 1.00. The Balaban J connectivity index is 1.66. The first-order valence-electron chi connectivity index (χ1n) is 7.23. The second kappa shape index (κ2) is 8.36. The summed E-state index contributed by atoms with van der Waals surface area (Å²) in [5.41, 5.74) is 0.187. The zero-order valence-electron chi connectivity index (χ0n) is 12.6. The van der Waals surface area contributed by atoms with Gasteiger partial charge in [0.15, 0.2) is 0 Å². The highest BCUT2D eigenvalue weighted by atomic mass is 32.2. The molecule has 0 saturated carbocycles. The molecule has 1 heterocycles. The van der Waals surface area contributed by atoms with Crippen LogP contribution in [-0.4, -0.2) is 28.9 Å². The van der Waals surface area contributed by atoms with Crippen LogP contribution >= 0.6 is 23.1 Å². The van der Waals surface area contributed by atoms with Gasteiger partial charge in [-0.3, -0.25) is 4.79 Å². The van der Waals surface area contributed by atoms with Crippen molar-refractivity contribution < 1.29 is 9.90 Å². The Labute approximate surface area is 139 Å². The molecule has 1 unspecified atom stereocenters. The van der Waals surface area contributed by atoms with Gasteiger partial charge >= 0.3 is 0 Å². The van der Waals surface area contributed by atoms with E-state index >= 15 is 0 Å². The summed E-state index contributed by atoms with van der Waals surface area (Å²) in [7, 11) is 0. The minimum atomic E-state index is -0.913. The van der Waals surface area contributed by atoms with E-state index < -0.39 is 5.60 Å². The lowest BCUT2D eigenvalue weighted by atomic mass is 9.98. The molecule has 1 aromatic carbocycles. The molecule has 0 bridgehead atoms. The number of aliphatic hydroxyl groups is 1. The van der Waals surface area contributed by atoms with E-state index in [-0.39, 0.29) is 12.5 Å². The molecular weight excluding hydrogens is 314 g/mol. The summed E-state index contributed by atoms with van der Waals surface area (Å²) in [6, 6.07) is 12.0. The molecule has 0 aliphatic carbocycles. The molecular formula is C17H21NO2S2. The van der Waals surface area contributed by atoms with Crippen LogP contribution in [0.15, 0.2) is 52.1 Å². The Kier molecular flexibility index (Phi) is 6.49. The second-order valence-corrected chi connectivity index (χ2v) is 7.44. The van der Waals surface area contributed by atoms with Gasteiger partial charge in [0.25, 0.3) is 0 Å². The van der Waals surface area contributed by atoms with Crippen LogP contribution in [0.1, 0.15) is 18.9 Å². The summed E-state index contributed by atoms with van der Waals surface area (Å²) in [5, 5.41) is 17.2. The minimum Gasteiger partial charge on any atom is -0.388 e. The van der Waals surface area contributed by atoms with E-state index in [2.05, 4.69) is 5.32 Å². The van der Waals surface area contributed by atoms with Crippen LogP contribution in [0, 0.1) is 0 Å². The van der Waals surface area contributed by atoms with Gasteiger partial charge in [0.2, 0.25) is 5.91 Å². The number of carbonyl (C=O) groups excluding carboxylic acids is 1. The van der Waals surface area contributed by atoms with Gasteiger partial charge in [-0.15, -0.1) is 11.8 Å². The van der Waals surface area contributed by atoms with Gasteiger partial charge in [0.1, 0.15) is 0 Å². The Hall–Kier alpha value is -1.30. The average molecular weight is 335 g/mol. The number of hydrogen-bond donors (Lipinski definition) is 2. The normalized spacial score (nSPS) is 13.5. The van der Waals surface area contributed by atoms with Crippen molar-refractivity contribution in [1.82, 2.24) is 5.32 Å². The van der Waals surface area contributed by atoms with Crippen molar-refractivity contribution in [3.05, 3.63) is 52.7 Å². The van der Waals surface area contributed by atoms with E-state index in [1.807, 2.05) is 47.2 Å². The fourth-order valence-electron chi connectivity index (χ4n) is 2.05. The highest BCUT2D eigenvalue weighted by Gasteiger charge is 2.21. The Morgan fingerprint density at radius 3 is 2.77 bits per heavy atom. The molecule has 0 fully saturated rings. The van der Waals surface area contributed by atoms with Crippen LogP contribution in [0.5, 0.6) is 0 Å². The van der Waals surface area contributed by atoms with E-state index in [1.54, 1.807) is 30.0 Å². The van der Waals surface area contributed by atoms with Crippen LogP contribution in [0.25, 0.3) is 0 Å². The number of hydrogen-bond acceptors (Lipinski definition) is 4. The van der Waals surface area contributed by atoms with Gasteiger partial charge in [-0.1, -0.05) is 18.2 Å². The van der Waals surface area contributed by atoms with Gasteiger partial charge in [-0.25, -0.2) is 0 Å². The van der Waals surface area contributed by atoms with Crippen LogP contribution in [-0.2, 0) is 11.2 Å². The maximum atomic E-state index is 11.8. The maximum absolute atomic E-state index is 11.8. The molecule has 2 N–H and O–H groups in total. The summed E-state index contributed by atoms with van der Waals surface area (Å²) in [5.74, 6) is 0.719. The number of nitrogens with one attached hydrogen (secondary N) is 1. The first-order chi connectivity index (χ1) is 10.6. The largest absolute Gasteiger partial charge is 0.388 e. The van der Waals surface area contributed by atoms with Crippen LogP contribution < -0.4 is 5.32 Å². The van der Waals surface area contributed by atoms with Gasteiger partial charge in [-0.2, -0.15) is 11.3 Å². The van der Waals surface area contributed by atoms with E-state index in [9.17, 15) is 9.90 Å². The minimum absolute atomic E-state index is 0.0194. The SMILES string of the molecule is CC(O)(CNC(=O)CCSc1ccccc1)Cc1ccsc1. The van der Waals surface area contributed by atoms with Crippen molar-refractivity contribution in [2.75, 3.05) is 12.3 Å². The molecule has 2 aromatic rings. The van der Waals surface area contributed by atoms with E-state index in [1.165, 1.54) is 4.90 Å². The third-order valence-electron chi connectivity index (χ3n) is 3.17. The average Bonchev–Trinajstić information content (AvgIpc) is 2.99. The van der Waals surface area contributed by atoms with Crippen molar-refractivity contribution in [2.45, 2.75) is 30.3 Å². The molecule has 2 rings (SSSR count). The fourth-order valence-corrected chi connectivity index (χ4v) is 3.59. The molecule has 0 aliphatic rings. The lowest BCUT2D eigenvalue weighted by Crippen LogP contribution is -2.42. The summed E-state index contributed by atoms with van der Waals surface area (Å²) >= 11 is 3.28. The van der Waals surface area contributed by atoms with Gasteiger partial charge < -0.3 is 10.4 Å². The van der Waals surface area contributed by atoms with Crippen molar-refractivity contribution in [3.8, 4) is 0 Å². The van der Waals surface area contributed by atoms with Crippen molar-refractivity contribution in [3.63, 3.8) is 0 Å². The number of thiophene rings is 1. The number of benzene rings is 1. The molecule has 1 amide bonds. The molecule has 22 heavy (non-hydrogen) atoms. The lowest BCUT2D eigenvalue weighted by Gasteiger charge is -2.23. The third kappa shape index (κ3) is 6.22. The molecule has 118 valence electrons. The molecule has 1 atom stereocenters. The molecule has 0 aliphatic heterocycles. The van der Waals surface area contributed by atoms with Crippen molar-refractivity contribution in [2.24, 2.45) is 0 Å². The topological polar surface area (TPSA) is 49.3 Å². The summed E-state index contributed by atoms with van der Waals surface area (Å²) < 4.78 is 0. The smallest absolute Gasteiger partial charge is 0.220 e. The Morgan fingerprint density at radius 2 is 2.09 bits per heavy atom. The quantitative estimate of drug-likeness (QED) is 0.728. The van der Waals surface area contributed by atoms with E-state index in [4.69, 9.17) is 0 Å². The third-order valence-corrected chi connectivity index (χ3v) is 4.92. The molecule has 0 saturated heterocycles. The first kappa shape index (κ1) is 17.1. The molecule has 3 nitrogen and oxygen atoms in total. The van der Waals surface area contributed by atoms with Crippen LogP contribution in [0.3, 0.4) is 0 Å². The number of amides is 1. The van der Waals surface area contributed by atoms with Crippen LogP contribution in [0.4, 0.5) is 0 Å². The van der Waals surface area contributed by atoms with Crippen molar-refractivity contribution >= 4 is 29.0 Å². The van der Waals surface area contributed by atoms with Gasteiger partial charge in [-0.05, 0) is 41.4 Å². The molecule has 0 radical (unpaired) electrons. The van der Waals surface area contributed by atoms with Gasteiger partial charge in [0, 0.05) is 30.0 Å². The van der Waals surface area contributed by atoms with Gasteiger partial charge in [0.05, 0.1) is 5.60 Å². The molecule has 5 heteroatoms. The number of thioether (sulfide) groups is 1. The number of carbonyl (C=O) groups is 1. The summed E-state index contributed by atoms with van der Waals surface area (Å²) in [4.78, 5) is 13.0. The highest BCUT2D eigenvalue weighted by molar-refractivity contribution is 7.99. The Bertz CT molecular complexity index is 568. The molecule has 0 spiro atoms. The highest BCUT2D eigenvalue weighted by Crippen LogP contribution is 2.18. The zero-order valence-corrected chi connectivity index (χ0v) is 14.3. The predicted molar refractivity (Wildman–Crippen MR) is 93.4 cm³/mol. The fraction of sp³-hybridized carbons (Fsp3) is 0.353. The zero-order chi connectivity index (χ0) is 15.8. The number of rotatable bonds is 8. The Morgan fingerprint density at radius 1 is 1.32 bits per heavy atom. The first-order valence-corrected chi connectivity index (χ1v) is 9.16. The van der Waals surface area contributed by atoms with E-state index in [0.717, 1.165) is 11.3 Å². The monoisotopic (exact) mass is 335 g/mol. The van der Waals surface area contributed by atoms with Crippen LogP contribution in [0.2, 0.25) is 0 Å². The summed E-state index contributed by atoms with van der Waals surface area (Å²) in [6.45, 7) is 2.03.